The van der Waals surface area contributed by atoms with Gasteiger partial charge >= 0.3 is 0 Å². The molecule has 1 aliphatic carbocycles. The number of ether oxygens (including phenoxy) is 5. The first kappa shape index (κ1) is 17.4. The Morgan fingerprint density at radius 3 is 1.84 bits per heavy atom. The van der Waals surface area contributed by atoms with Gasteiger partial charge in [0.25, 0.3) is 0 Å². The van der Waals surface area contributed by atoms with E-state index in [2.05, 4.69) is 0 Å². The van der Waals surface area contributed by atoms with E-state index < -0.39 is 42.1 Å². The fourth-order valence-corrected chi connectivity index (χ4v) is 4.00. The third-order valence-corrected chi connectivity index (χ3v) is 4.93. The lowest BCUT2D eigenvalue weighted by Crippen LogP contribution is -2.62. The number of hydrogen-bond donors (Lipinski definition) is 1. The molecule has 25 heavy (non-hydrogen) atoms. The summed E-state index contributed by atoms with van der Waals surface area (Å²) in [6, 6.07) is 9.95. The number of hydrogen-bond acceptors (Lipinski definition) is 6. The van der Waals surface area contributed by atoms with Crippen LogP contribution in [0.2, 0.25) is 0 Å². The molecule has 1 N–H and O–H groups in total. The van der Waals surface area contributed by atoms with Gasteiger partial charge in [0.2, 0.25) is 0 Å². The third-order valence-electron chi connectivity index (χ3n) is 4.93. The summed E-state index contributed by atoms with van der Waals surface area (Å²) in [6.45, 7) is 7.80. The van der Waals surface area contributed by atoms with Crippen molar-refractivity contribution >= 4 is 0 Å². The van der Waals surface area contributed by atoms with Gasteiger partial charge in [-0.2, -0.15) is 0 Å². The van der Waals surface area contributed by atoms with Crippen molar-refractivity contribution in [3.8, 4) is 0 Å². The minimum atomic E-state index is -0.824. The van der Waals surface area contributed by atoms with E-state index in [-0.39, 0.29) is 6.10 Å². The molecule has 6 atom stereocenters. The molecule has 1 aromatic carbocycles. The summed E-state index contributed by atoms with van der Waals surface area (Å²) < 4.78 is 30.2. The fraction of sp³-hybridized carbons (Fsp3) is 0.684. The number of rotatable bonds is 3. The molecule has 138 valence electrons. The molecule has 1 aromatic rings. The molecule has 2 saturated heterocycles. The highest BCUT2D eigenvalue weighted by Crippen LogP contribution is 2.45. The zero-order chi connectivity index (χ0) is 17.8. The van der Waals surface area contributed by atoms with Gasteiger partial charge in [-0.25, -0.2) is 0 Å². The standard InChI is InChI=1S/C19H26O6/c1-18(2)22-13-12(20)14-17(25-19(3,4)23-14)15(16(13)24-18)21-10-11-8-6-5-7-9-11/h5-9,12-17,20H,10H2,1-4H3/t12?,13-,14+,15?,16-,17?/m0/s1. The highest BCUT2D eigenvalue weighted by Gasteiger charge is 2.63. The van der Waals surface area contributed by atoms with Crippen LogP contribution in [0.15, 0.2) is 30.3 Å². The first-order valence-electron chi connectivity index (χ1n) is 8.81. The second kappa shape index (κ2) is 6.01. The van der Waals surface area contributed by atoms with Crippen LogP contribution in [0.5, 0.6) is 0 Å². The maximum absolute atomic E-state index is 10.8. The van der Waals surface area contributed by atoms with Gasteiger partial charge in [-0.1, -0.05) is 30.3 Å². The Labute approximate surface area is 148 Å². The molecule has 2 aliphatic heterocycles. The second-order valence-corrected chi connectivity index (χ2v) is 7.88. The maximum atomic E-state index is 10.8. The Bertz CT molecular complexity index is 584. The molecule has 2 heterocycles. The first-order chi connectivity index (χ1) is 11.8. The molecule has 0 bridgehead atoms. The maximum Gasteiger partial charge on any atom is 0.164 e. The quantitative estimate of drug-likeness (QED) is 0.899. The summed E-state index contributed by atoms with van der Waals surface area (Å²) in [7, 11) is 0. The van der Waals surface area contributed by atoms with Gasteiger partial charge in [0.15, 0.2) is 11.6 Å². The molecular formula is C19H26O6. The number of benzene rings is 1. The molecule has 6 nitrogen and oxygen atoms in total. The van der Waals surface area contributed by atoms with Gasteiger partial charge < -0.3 is 28.8 Å². The minimum absolute atomic E-state index is 0.387. The van der Waals surface area contributed by atoms with E-state index in [0.29, 0.717) is 6.61 Å². The van der Waals surface area contributed by atoms with Gasteiger partial charge in [-0.15, -0.1) is 0 Å². The van der Waals surface area contributed by atoms with Crippen LogP contribution in [0.1, 0.15) is 33.3 Å². The van der Waals surface area contributed by atoms with Crippen molar-refractivity contribution in [1.82, 2.24) is 0 Å². The van der Waals surface area contributed by atoms with Crippen molar-refractivity contribution in [2.75, 3.05) is 0 Å². The summed E-state index contributed by atoms with van der Waals surface area (Å²) in [5.41, 5.74) is 1.07. The van der Waals surface area contributed by atoms with Gasteiger partial charge in [-0.3, -0.25) is 0 Å². The van der Waals surface area contributed by atoms with Crippen molar-refractivity contribution < 1.29 is 28.8 Å². The van der Waals surface area contributed by atoms with Crippen molar-refractivity contribution in [3.05, 3.63) is 35.9 Å². The van der Waals surface area contributed by atoms with Crippen LogP contribution in [-0.2, 0) is 30.3 Å². The Morgan fingerprint density at radius 2 is 1.32 bits per heavy atom. The molecule has 0 spiro atoms. The lowest BCUT2D eigenvalue weighted by molar-refractivity contribution is -0.190. The van der Waals surface area contributed by atoms with Crippen LogP contribution in [0.25, 0.3) is 0 Å². The van der Waals surface area contributed by atoms with Crippen LogP contribution in [0, 0.1) is 0 Å². The van der Waals surface area contributed by atoms with Gasteiger partial charge in [0.05, 0.1) is 6.61 Å². The lowest BCUT2D eigenvalue weighted by Gasteiger charge is -2.40. The smallest absolute Gasteiger partial charge is 0.164 e. The molecule has 3 fully saturated rings. The second-order valence-electron chi connectivity index (χ2n) is 7.88. The van der Waals surface area contributed by atoms with Crippen LogP contribution in [0.4, 0.5) is 0 Å². The highest BCUT2D eigenvalue weighted by atomic mass is 16.8. The average molecular weight is 350 g/mol. The third kappa shape index (κ3) is 3.23. The Morgan fingerprint density at radius 1 is 0.840 bits per heavy atom. The molecule has 1 saturated carbocycles. The zero-order valence-corrected chi connectivity index (χ0v) is 15.0. The Hall–Kier alpha value is -1.02. The Balaban J connectivity index is 1.59. The van der Waals surface area contributed by atoms with Crippen LogP contribution in [-0.4, -0.2) is 53.3 Å². The fourth-order valence-electron chi connectivity index (χ4n) is 4.00. The van der Waals surface area contributed by atoms with Crippen molar-refractivity contribution in [2.45, 2.75) is 82.5 Å². The van der Waals surface area contributed by atoms with Gasteiger partial charge in [0, 0.05) is 0 Å². The number of aliphatic hydroxyl groups is 1. The highest BCUT2D eigenvalue weighted by molar-refractivity contribution is 5.14. The van der Waals surface area contributed by atoms with Crippen LogP contribution >= 0.6 is 0 Å². The van der Waals surface area contributed by atoms with Crippen LogP contribution in [0.3, 0.4) is 0 Å². The van der Waals surface area contributed by atoms with E-state index in [1.807, 2.05) is 58.0 Å². The van der Waals surface area contributed by atoms with E-state index >= 15 is 0 Å². The molecule has 6 heteroatoms. The predicted molar refractivity (Wildman–Crippen MR) is 88.7 cm³/mol. The van der Waals surface area contributed by atoms with E-state index in [9.17, 15) is 5.11 Å². The first-order valence-corrected chi connectivity index (χ1v) is 8.81. The monoisotopic (exact) mass is 350 g/mol. The number of aliphatic hydroxyl groups excluding tert-OH is 1. The zero-order valence-electron chi connectivity index (χ0n) is 15.0. The molecule has 0 aromatic heterocycles. The SMILES string of the molecule is CC1(C)OC2C(OCc3ccccc3)[C@H]3OC(C)(C)O[C@H]3C(O)[C@H]2O1. The number of fused-ring (bicyclic) bond motifs is 2. The van der Waals surface area contributed by atoms with Crippen molar-refractivity contribution in [2.24, 2.45) is 0 Å². The van der Waals surface area contributed by atoms with E-state index in [1.54, 1.807) is 0 Å². The van der Waals surface area contributed by atoms with Crippen LogP contribution < -0.4 is 0 Å². The van der Waals surface area contributed by atoms with Crippen molar-refractivity contribution in [1.29, 1.82) is 0 Å². The Kier molecular flexibility index (Phi) is 4.18. The lowest BCUT2D eigenvalue weighted by atomic mass is 9.85. The normalized spacial score (nSPS) is 41.3. The summed E-state index contributed by atoms with van der Waals surface area (Å²) in [4.78, 5) is 0. The molecule has 0 radical (unpaired) electrons. The van der Waals surface area contributed by atoms with Gasteiger partial charge in [0.1, 0.15) is 36.6 Å². The predicted octanol–water partition coefficient (Wildman–Crippen LogP) is 1.99. The molecule has 4 rings (SSSR count). The topological polar surface area (TPSA) is 66.4 Å². The summed E-state index contributed by atoms with van der Waals surface area (Å²) in [5.74, 6) is -1.56. The average Bonchev–Trinajstić information content (AvgIpc) is 3.04. The van der Waals surface area contributed by atoms with E-state index in [1.165, 1.54) is 0 Å². The molecular weight excluding hydrogens is 324 g/mol. The molecule has 3 aliphatic rings. The van der Waals surface area contributed by atoms with Crippen molar-refractivity contribution in [3.63, 3.8) is 0 Å². The largest absolute Gasteiger partial charge is 0.387 e. The molecule has 0 amide bonds. The van der Waals surface area contributed by atoms with E-state index in [4.69, 9.17) is 23.7 Å². The summed E-state index contributed by atoms with van der Waals surface area (Å²) in [5, 5.41) is 10.8. The summed E-state index contributed by atoms with van der Waals surface area (Å²) >= 11 is 0. The minimum Gasteiger partial charge on any atom is -0.387 e. The van der Waals surface area contributed by atoms with Gasteiger partial charge in [-0.05, 0) is 33.3 Å². The molecule has 3 unspecified atom stereocenters. The summed E-state index contributed by atoms with van der Waals surface area (Å²) in [6.07, 6.45) is -3.04. The van der Waals surface area contributed by atoms with E-state index in [0.717, 1.165) is 5.56 Å².